The SMILES string of the molecule is [C-]#[N+]c1ccc(-c2ccc3c(c2)c2ccccc2n3-c2cc(-c3ccc(C#N)cc3F)cc(-n3c4ccccc4c4cc(-c5ccc(C#N)cc5[N+]#[C-])ccc43)c2C#N)c(C#N)c1. The topological polar surface area (TPSA) is 114 Å². The minimum absolute atomic E-state index is 0.175. The third kappa shape index (κ3) is 5.92. The summed E-state index contributed by atoms with van der Waals surface area (Å²) in [6, 6.07) is 54.4. The summed E-state index contributed by atoms with van der Waals surface area (Å²) >= 11 is 0. The standard InChI is InChI=1S/C54H25FN8/c1-60-38-15-18-39(37(23-38)30-58)34-13-19-51-44(24-34)42-7-3-5-9-49(42)62(51)53-26-36(40-16-11-32(28-56)21-47(40)55)27-54(46(53)31-59)63-50-10-6-4-8-43(50)45-25-35(14-20-52(45)63)41-17-12-33(29-57)22-48(41)61-2/h3-27H. The Bertz CT molecular complexity index is 3690. The van der Waals surface area contributed by atoms with Gasteiger partial charge in [0.15, 0.2) is 11.4 Å². The van der Waals surface area contributed by atoms with E-state index in [-0.39, 0.29) is 11.1 Å². The molecule has 10 rings (SSSR count). The van der Waals surface area contributed by atoms with E-state index < -0.39 is 5.82 Å². The Kier molecular flexibility index (Phi) is 8.81. The van der Waals surface area contributed by atoms with Crippen LogP contribution >= 0.6 is 0 Å². The molecule has 2 heterocycles. The highest BCUT2D eigenvalue weighted by atomic mass is 19.1. The molecule has 288 valence electrons. The maximum absolute atomic E-state index is 16.2. The molecular weight excluding hydrogens is 780 g/mol. The van der Waals surface area contributed by atoms with Crippen molar-refractivity contribution in [1.29, 1.82) is 21.0 Å². The molecular formula is C54H25FN8. The molecule has 0 aliphatic heterocycles. The molecule has 0 fully saturated rings. The van der Waals surface area contributed by atoms with E-state index in [2.05, 4.69) is 27.9 Å². The molecule has 8 nitrogen and oxygen atoms in total. The zero-order chi connectivity index (χ0) is 43.4. The molecule has 0 unspecified atom stereocenters. The van der Waals surface area contributed by atoms with Crippen molar-refractivity contribution in [3.05, 3.63) is 203 Å². The molecule has 0 saturated heterocycles. The second-order valence-electron chi connectivity index (χ2n) is 14.9. The van der Waals surface area contributed by atoms with Crippen LogP contribution in [0.5, 0.6) is 0 Å². The van der Waals surface area contributed by atoms with Crippen LogP contribution in [0.25, 0.3) is 98.1 Å². The number of rotatable bonds is 5. The zero-order valence-corrected chi connectivity index (χ0v) is 32.9. The van der Waals surface area contributed by atoms with E-state index in [1.807, 2.05) is 112 Å². The van der Waals surface area contributed by atoms with Crippen LogP contribution < -0.4 is 0 Å². The Labute approximate surface area is 359 Å². The number of hydrogen-bond acceptors (Lipinski definition) is 4. The third-order valence-corrected chi connectivity index (χ3v) is 11.6. The number of hydrogen-bond donors (Lipinski definition) is 0. The summed E-state index contributed by atoms with van der Waals surface area (Å²) in [6.45, 7) is 15.3. The summed E-state index contributed by atoms with van der Waals surface area (Å²) in [6.07, 6.45) is 0. The molecule has 0 aliphatic carbocycles. The lowest BCUT2D eigenvalue weighted by Crippen LogP contribution is -2.05. The molecule has 0 bridgehead atoms. The highest BCUT2D eigenvalue weighted by Crippen LogP contribution is 2.43. The van der Waals surface area contributed by atoms with Gasteiger partial charge in [0.25, 0.3) is 0 Å². The Morgan fingerprint density at radius 1 is 0.444 bits per heavy atom. The first kappa shape index (κ1) is 37.5. The minimum atomic E-state index is -0.593. The van der Waals surface area contributed by atoms with Gasteiger partial charge < -0.3 is 9.13 Å². The normalized spacial score (nSPS) is 10.8. The van der Waals surface area contributed by atoms with Crippen LogP contribution in [-0.2, 0) is 0 Å². The van der Waals surface area contributed by atoms with Crippen molar-refractivity contribution in [3.8, 4) is 69.0 Å². The summed E-state index contributed by atoms with van der Waals surface area (Å²) in [7, 11) is 0. The molecule has 0 radical (unpaired) electrons. The fourth-order valence-electron chi connectivity index (χ4n) is 8.74. The first-order valence-electron chi connectivity index (χ1n) is 19.6. The highest BCUT2D eigenvalue weighted by Gasteiger charge is 2.24. The smallest absolute Gasteiger partial charge is 0.196 e. The second kappa shape index (κ2) is 14.8. The van der Waals surface area contributed by atoms with Crippen LogP contribution in [0.1, 0.15) is 22.3 Å². The van der Waals surface area contributed by atoms with Gasteiger partial charge in [-0.05, 0) is 107 Å². The monoisotopic (exact) mass is 804 g/mol. The Hall–Kier alpha value is -9.77. The van der Waals surface area contributed by atoms with Gasteiger partial charge in [-0.1, -0.05) is 72.8 Å². The van der Waals surface area contributed by atoms with Crippen molar-refractivity contribution in [2.45, 2.75) is 0 Å². The number of benzene rings is 8. The predicted molar refractivity (Wildman–Crippen MR) is 243 cm³/mol. The maximum atomic E-state index is 16.2. The average molecular weight is 805 g/mol. The Morgan fingerprint density at radius 2 is 0.984 bits per heavy atom. The second-order valence-corrected chi connectivity index (χ2v) is 14.9. The number of halogens is 1. The van der Waals surface area contributed by atoms with Crippen molar-refractivity contribution < 1.29 is 4.39 Å². The van der Waals surface area contributed by atoms with E-state index >= 15 is 4.39 Å². The van der Waals surface area contributed by atoms with E-state index in [4.69, 9.17) is 13.1 Å². The lowest BCUT2D eigenvalue weighted by molar-refractivity contribution is 0.631. The van der Waals surface area contributed by atoms with Gasteiger partial charge in [0.05, 0.1) is 70.4 Å². The van der Waals surface area contributed by atoms with Crippen molar-refractivity contribution in [2.24, 2.45) is 0 Å². The van der Waals surface area contributed by atoms with Crippen molar-refractivity contribution >= 4 is 55.0 Å². The number of aromatic nitrogens is 2. The van der Waals surface area contributed by atoms with Crippen LogP contribution in [0.15, 0.2) is 152 Å². The fourth-order valence-corrected chi connectivity index (χ4v) is 8.74. The largest absolute Gasteiger partial charge is 0.308 e. The number of nitrogens with zero attached hydrogens (tertiary/aromatic N) is 8. The van der Waals surface area contributed by atoms with Crippen LogP contribution in [-0.4, -0.2) is 9.13 Å². The fraction of sp³-hybridized carbons (Fsp3) is 0. The summed E-state index contributed by atoms with van der Waals surface area (Å²) < 4.78 is 20.2. The summed E-state index contributed by atoms with van der Waals surface area (Å²) in [5.74, 6) is -0.593. The van der Waals surface area contributed by atoms with Gasteiger partial charge in [-0.25, -0.2) is 14.1 Å². The minimum Gasteiger partial charge on any atom is -0.308 e. The van der Waals surface area contributed by atoms with Gasteiger partial charge in [0.2, 0.25) is 0 Å². The highest BCUT2D eigenvalue weighted by molar-refractivity contribution is 6.13. The average Bonchev–Trinajstić information content (AvgIpc) is 3.85. The van der Waals surface area contributed by atoms with Gasteiger partial charge in [-0.15, -0.1) is 0 Å². The van der Waals surface area contributed by atoms with E-state index in [0.717, 1.165) is 54.7 Å². The van der Waals surface area contributed by atoms with E-state index in [9.17, 15) is 21.0 Å². The van der Waals surface area contributed by atoms with Crippen molar-refractivity contribution in [3.63, 3.8) is 0 Å². The lowest BCUT2D eigenvalue weighted by Gasteiger charge is -2.19. The summed E-state index contributed by atoms with van der Waals surface area (Å²) in [4.78, 5) is 7.22. The van der Waals surface area contributed by atoms with Crippen molar-refractivity contribution in [2.75, 3.05) is 0 Å². The van der Waals surface area contributed by atoms with Gasteiger partial charge in [0, 0.05) is 38.2 Å². The van der Waals surface area contributed by atoms with Crippen LogP contribution in [0.3, 0.4) is 0 Å². The predicted octanol–water partition coefficient (Wildman–Crippen LogP) is 13.6. The van der Waals surface area contributed by atoms with Gasteiger partial charge >= 0.3 is 0 Å². The van der Waals surface area contributed by atoms with Crippen LogP contribution in [0, 0.1) is 64.3 Å². The first-order valence-corrected chi connectivity index (χ1v) is 19.6. The number of fused-ring (bicyclic) bond motifs is 6. The first-order chi connectivity index (χ1) is 30.9. The van der Waals surface area contributed by atoms with Gasteiger partial charge in [-0.3, -0.25) is 0 Å². The van der Waals surface area contributed by atoms with E-state index in [0.29, 0.717) is 56.1 Å². The third-order valence-electron chi connectivity index (χ3n) is 11.6. The molecule has 0 spiro atoms. The molecule has 0 atom stereocenters. The summed E-state index contributed by atoms with van der Waals surface area (Å²) in [5, 5.41) is 44.0. The Morgan fingerprint density at radius 3 is 1.52 bits per heavy atom. The molecule has 0 aliphatic rings. The van der Waals surface area contributed by atoms with Crippen molar-refractivity contribution in [1.82, 2.24) is 9.13 Å². The number of para-hydroxylation sites is 2. The molecule has 2 aromatic heterocycles. The summed E-state index contributed by atoms with van der Waals surface area (Å²) in [5.41, 5.74) is 9.73. The van der Waals surface area contributed by atoms with E-state index in [1.54, 1.807) is 48.5 Å². The van der Waals surface area contributed by atoms with Crippen LogP contribution in [0.4, 0.5) is 15.8 Å². The molecule has 9 heteroatoms. The zero-order valence-electron chi connectivity index (χ0n) is 32.9. The van der Waals surface area contributed by atoms with Gasteiger partial charge in [-0.2, -0.15) is 21.0 Å². The van der Waals surface area contributed by atoms with Crippen LogP contribution in [0.2, 0.25) is 0 Å². The maximum Gasteiger partial charge on any atom is 0.196 e. The van der Waals surface area contributed by atoms with E-state index in [1.165, 1.54) is 6.07 Å². The molecule has 63 heavy (non-hydrogen) atoms. The molecule has 0 N–H and O–H groups in total. The number of nitriles is 4. The molecule has 0 saturated carbocycles. The molecule has 0 amide bonds. The van der Waals surface area contributed by atoms with Gasteiger partial charge in [0.1, 0.15) is 17.4 Å². The Balaban J connectivity index is 1.28. The lowest BCUT2D eigenvalue weighted by atomic mass is 9.97. The molecule has 10 aromatic rings. The molecule has 8 aromatic carbocycles. The quantitative estimate of drug-likeness (QED) is 0.161.